The number of rotatable bonds is 6. The molecule has 1 fully saturated rings. The van der Waals surface area contributed by atoms with Crippen LogP contribution in [0.2, 0.25) is 0 Å². The second-order valence-corrected chi connectivity index (χ2v) is 8.78. The highest BCUT2D eigenvalue weighted by Crippen LogP contribution is 2.42. The van der Waals surface area contributed by atoms with Crippen LogP contribution < -0.4 is 0 Å². The Morgan fingerprint density at radius 3 is 2.85 bits per heavy atom. The van der Waals surface area contributed by atoms with Gasteiger partial charge in [-0.1, -0.05) is 23.9 Å². The molecule has 4 aromatic heterocycles. The first-order valence-corrected chi connectivity index (χ1v) is 11.1. The number of aromatic nitrogens is 5. The number of thioether (sulfide) groups is 1. The molecule has 1 aliphatic rings. The highest BCUT2D eigenvalue weighted by molar-refractivity contribution is 7.98. The number of nitrogens with zero attached hydrogens (tertiary/aromatic N) is 5. The molecule has 0 aromatic carbocycles. The minimum Gasteiger partial charge on any atom is -0.298 e. The van der Waals surface area contributed by atoms with Crippen LogP contribution in [0.5, 0.6) is 0 Å². The van der Waals surface area contributed by atoms with Crippen LogP contribution in [0.4, 0.5) is 0 Å². The van der Waals surface area contributed by atoms with Crippen molar-refractivity contribution in [2.75, 3.05) is 0 Å². The maximum atomic E-state index is 4.72. The van der Waals surface area contributed by atoms with Gasteiger partial charge in [-0.2, -0.15) is 0 Å². The molecule has 5 rings (SSSR count). The molecule has 130 valence electrons. The zero-order valence-electron chi connectivity index (χ0n) is 13.8. The lowest BCUT2D eigenvalue weighted by Crippen LogP contribution is -1.99. The van der Waals surface area contributed by atoms with Crippen LogP contribution in [0.25, 0.3) is 21.4 Å². The summed E-state index contributed by atoms with van der Waals surface area (Å²) in [4.78, 5) is 10.3. The van der Waals surface area contributed by atoms with E-state index in [4.69, 9.17) is 4.98 Å². The fraction of sp³-hybridized carbons (Fsp3) is 0.222. The fourth-order valence-electron chi connectivity index (χ4n) is 2.73. The Morgan fingerprint density at radius 1 is 1.12 bits per heavy atom. The maximum absolute atomic E-state index is 4.72. The Morgan fingerprint density at radius 2 is 2.08 bits per heavy atom. The van der Waals surface area contributed by atoms with Crippen molar-refractivity contribution in [1.82, 2.24) is 24.7 Å². The van der Waals surface area contributed by atoms with E-state index in [0.29, 0.717) is 6.04 Å². The molecule has 0 spiro atoms. The predicted octanol–water partition coefficient (Wildman–Crippen LogP) is 5.15. The van der Waals surface area contributed by atoms with Gasteiger partial charge in [-0.05, 0) is 36.4 Å². The molecule has 0 saturated heterocycles. The van der Waals surface area contributed by atoms with Gasteiger partial charge < -0.3 is 0 Å². The molecule has 5 nitrogen and oxygen atoms in total. The molecule has 1 aliphatic carbocycles. The Bertz CT molecular complexity index is 1000. The quantitative estimate of drug-likeness (QED) is 0.421. The van der Waals surface area contributed by atoms with E-state index >= 15 is 0 Å². The predicted molar refractivity (Wildman–Crippen MR) is 107 cm³/mol. The molecule has 0 bridgehead atoms. The van der Waals surface area contributed by atoms with Crippen molar-refractivity contribution in [3.05, 3.63) is 53.0 Å². The Kier molecular flexibility index (Phi) is 4.32. The number of pyridine rings is 1. The molecule has 4 aromatic rings. The highest BCUT2D eigenvalue weighted by Gasteiger charge is 2.30. The minimum atomic E-state index is 0.545. The van der Waals surface area contributed by atoms with Crippen molar-refractivity contribution in [3.63, 3.8) is 0 Å². The minimum absolute atomic E-state index is 0.545. The van der Waals surface area contributed by atoms with E-state index in [0.717, 1.165) is 33.1 Å². The Hall–Kier alpha value is -2.03. The van der Waals surface area contributed by atoms with Crippen molar-refractivity contribution in [3.8, 4) is 21.4 Å². The molecule has 0 unspecified atom stereocenters. The molecule has 26 heavy (non-hydrogen) atoms. The second kappa shape index (κ2) is 6.94. The monoisotopic (exact) mass is 397 g/mol. The number of hydrogen-bond donors (Lipinski definition) is 0. The van der Waals surface area contributed by atoms with Crippen LogP contribution in [0.15, 0.2) is 52.4 Å². The number of hydrogen-bond acceptors (Lipinski definition) is 7. The largest absolute Gasteiger partial charge is 0.298 e. The van der Waals surface area contributed by atoms with Crippen molar-refractivity contribution < 1.29 is 0 Å². The zero-order valence-corrected chi connectivity index (χ0v) is 16.2. The molecule has 4 heterocycles. The van der Waals surface area contributed by atoms with Gasteiger partial charge in [-0.3, -0.25) is 9.55 Å². The lowest BCUT2D eigenvalue weighted by molar-refractivity contribution is 0.670. The first-order chi connectivity index (χ1) is 12.9. The summed E-state index contributed by atoms with van der Waals surface area (Å²) in [5.74, 6) is 1.79. The topological polar surface area (TPSA) is 56.5 Å². The summed E-state index contributed by atoms with van der Waals surface area (Å²) in [6.45, 7) is 0. The standard InChI is InChI=1S/C18H15N5S3/c1-2-8-19-14(4-1)17-20-12(10-25-17)11-26-18-22-21-16(15-5-3-9-24-15)23(18)13-6-7-13/h1-5,8-10,13H,6-7,11H2. The molecule has 0 radical (unpaired) electrons. The molecular weight excluding hydrogens is 382 g/mol. The van der Waals surface area contributed by atoms with Crippen LogP contribution in [0.3, 0.4) is 0 Å². The summed E-state index contributed by atoms with van der Waals surface area (Å²) in [6.07, 6.45) is 4.23. The van der Waals surface area contributed by atoms with Crippen LogP contribution in [0.1, 0.15) is 24.6 Å². The van der Waals surface area contributed by atoms with E-state index in [1.807, 2.05) is 18.2 Å². The molecule has 0 N–H and O–H groups in total. The Labute approximate surface area is 163 Å². The third kappa shape index (κ3) is 3.20. The molecule has 0 aliphatic heterocycles. The SMILES string of the molecule is c1ccc(-c2nc(CSc3nnc(-c4cccs4)n3C3CC3)cs2)nc1. The van der Waals surface area contributed by atoms with Crippen LogP contribution in [0, 0.1) is 0 Å². The number of thiophene rings is 1. The van der Waals surface area contributed by atoms with Gasteiger partial charge in [0, 0.05) is 23.4 Å². The first kappa shape index (κ1) is 16.2. The van der Waals surface area contributed by atoms with Crippen molar-refractivity contribution in [2.45, 2.75) is 29.8 Å². The smallest absolute Gasteiger partial charge is 0.192 e. The summed E-state index contributed by atoms with van der Waals surface area (Å²) in [6, 6.07) is 10.6. The van der Waals surface area contributed by atoms with E-state index in [9.17, 15) is 0 Å². The first-order valence-electron chi connectivity index (χ1n) is 8.36. The molecular formula is C18H15N5S3. The van der Waals surface area contributed by atoms with Crippen LogP contribution >= 0.6 is 34.4 Å². The fourth-order valence-corrected chi connectivity index (χ4v) is 5.23. The molecule has 1 saturated carbocycles. The third-order valence-electron chi connectivity index (χ3n) is 4.10. The van der Waals surface area contributed by atoms with E-state index in [1.54, 1.807) is 40.6 Å². The summed E-state index contributed by atoms with van der Waals surface area (Å²) in [7, 11) is 0. The summed E-state index contributed by atoms with van der Waals surface area (Å²) < 4.78 is 2.31. The van der Waals surface area contributed by atoms with Crippen molar-refractivity contribution >= 4 is 34.4 Å². The van der Waals surface area contributed by atoms with Gasteiger partial charge in [0.05, 0.1) is 16.3 Å². The summed E-state index contributed by atoms with van der Waals surface area (Å²) in [5.41, 5.74) is 1.98. The highest BCUT2D eigenvalue weighted by atomic mass is 32.2. The molecule has 0 atom stereocenters. The van der Waals surface area contributed by atoms with Crippen LogP contribution in [-0.4, -0.2) is 24.7 Å². The summed E-state index contributed by atoms with van der Waals surface area (Å²) >= 11 is 5.06. The Balaban J connectivity index is 1.36. The number of thiazole rings is 1. The van der Waals surface area contributed by atoms with Gasteiger partial charge in [0.2, 0.25) is 0 Å². The van der Waals surface area contributed by atoms with Crippen molar-refractivity contribution in [2.24, 2.45) is 0 Å². The molecule has 8 heteroatoms. The van der Waals surface area contributed by atoms with E-state index < -0.39 is 0 Å². The van der Waals surface area contributed by atoms with Gasteiger partial charge in [-0.15, -0.1) is 32.9 Å². The van der Waals surface area contributed by atoms with Gasteiger partial charge in [-0.25, -0.2) is 4.98 Å². The van der Waals surface area contributed by atoms with E-state index in [-0.39, 0.29) is 0 Å². The normalized spacial score (nSPS) is 14.0. The zero-order chi connectivity index (χ0) is 17.3. The van der Waals surface area contributed by atoms with Crippen LogP contribution in [-0.2, 0) is 5.75 Å². The van der Waals surface area contributed by atoms with Gasteiger partial charge in [0.15, 0.2) is 11.0 Å². The van der Waals surface area contributed by atoms with Gasteiger partial charge in [0.25, 0.3) is 0 Å². The van der Waals surface area contributed by atoms with E-state index in [1.165, 1.54) is 17.7 Å². The molecule has 0 amide bonds. The summed E-state index contributed by atoms with van der Waals surface area (Å²) in [5, 5.41) is 15.1. The van der Waals surface area contributed by atoms with E-state index in [2.05, 4.69) is 42.6 Å². The third-order valence-corrected chi connectivity index (χ3v) is 6.86. The lowest BCUT2D eigenvalue weighted by atomic mass is 10.4. The van der Waals surface area contributed by atoms with Crippen molar-refractivity contribution in [1.29, 1.82) is 0 Å². The van der Waals surface area contributed by atoms with Gasteiger partial charge in [0.1, 0.15) is 5.01 Å². The maximum Gasteiger partial charge on any atom is 0.192 e. The average molecular weight is 398 g/mol. The van der Waals surface area contributed by atoms with Gasteiger partial charge >= 0.3 is 0 Å². The average Bonchev–Trinajstić information content (AvgIpc) is 3.10. The lowest BCUT2D eigenvalue weighted by Gasteiger charge is -2.06. The second-order valence-electron chi connectivity index (χ2n) is 6.03.